The molecular formula is C27H29N7OS. The highest BCUT2D eigenvalue weighted by molar-refractivity contribution is 7.12. The minimum Gasteiger partial charge on any atom is -0.338 e. The molecule has 0 saturated carbocycles. The van der Waals surface area contributed by atoms with E-state index in [-0.39, 0.29) is 17.9 Å². The van der Waals surface area contributed by atoms with Crippen molar-refractivity contribution in [2.45, 2.75) is 52.5 Å². The molecule has 6 rings (SSSR count). The lowest BCUT2D eigenvalue weighted by molar-refractivity contribution is 0.0706. The van der Waals surface area contributed by atoms with Gasteiger partial charge in [0.1, 0.15) is 5.82 Å². The van der Waals surface area contributed by atoms with Crippen molar-refractivity contribution in [2.24, 2.45) is 0 Å². The number of piperidine rings is 1. The Kier molecular flexibility index (Phi) is 5.59. The van der Waals surface area contributed by atoms with Crippen LogP contribution in [0, 0.1) is 13.8 Å². The van der Waals surface area contributed by atoms with Crippen LogP contribution < -0.4 is 0 Å². The van der Waals surface area contributed by atoms with Crippen molar-refractivity contribution >= 4 is 33.9 Å². The minimum absolute atomic E-state index is 0.0232. The molecule has 0 N–H and O–H groups in total. The topological polar surface area (TPSA) is 81.2 Å². The van der Waals surface area contributed by atoms with Gasteiger partial charge in [0.25, 0.3) is 5.91 Å². The Morgan fingerprint density at radius 3 is 2.81 bits per heavy atom. The van der Waals surface area contributed by atoms with Crippen molar-refractivity contribution < 1.29 is 4.79 Å². The molecule has 1 amide bonds. The van der Waals surface area contributed by atoms with E-state index in [1.165, 1.54) is 9.75 Å². The smallest absolute Gasteiger partial charge is 0.254 e. The van der Waals surface area contributed by atoms with Crippen LogP contribution in [0.2, 0.25) is 0 Å². The summed E-state index contributed by atoms with van der Waals surface area (Å²) in [4.78, 5) is 23.5. The Hall–Kier alpha value is -3.59. The maximum absolute atomic E-state index is 14.1. The minimum atomic E-state index is 0.0232. The summed E-state index contributed by atoms with van der Waals surface area (Å²) in [5, 5.41) is 14.2. The number of carbonyl (C=O) groups excluding carboxylic acids is 1. The number of aromatic nitrogens is 6. The molecule has 1 aliphatic rings. The van der Waals surface area contributed by atoms with Gasteiger partial charge >= 0.3 is 0 Å². The molecule has 1 saturated heterocycles. The maximum Gasteiger partial charge on any atom is 0.254 e. The van der Waals surface area contributed by atoms with Gasteiger partial charge in [0.2, 0.25) is 0 Å². The number of hydrogen-bond donors (Lipinski definition) is 0. The third-order valence-corrected chi connectivity index (χ3v) is 7.98. The van der Waals surface area contributed by atoms with Gasteiger partial charge in [-0.2, -0.15) is 5.10 Å². The molecule has 5 aromatic rings. The summed E-state index contributed by atoms with van der Waals surface area (Å²) in [6.45, 7) is 9.72. The highest BCUT2D eigenvalue weighted by Crippen LogP contribution is 2.34. The monoisotopic (exact) mass is 499 g/mol. The highest BCUT2D eigenvalue weighted by atomic mass is 32.1. The van der Waals surface area contributed by atoms with Gasteiger partial charge in [-0.15, -0.1) is 21.5 Å². The number of hydrogen-bond acceptors (Lipinski definition) is 6. The molecular weight excluding hydrogens is 470 g/mol. The first-order valence-corrected chi connectivity index (χ1v) is 13.3. The van der Waals surface area contributed by atoms with Crippen LogP contribution in [0.15, 0.2) is 42.7 Å². The van der Waals surface area contributed by atoms with E-state index in [1.54, 1.807) is 17.5 Å². The Bertz CT molecular complexity index is 1590. The number of carbonyl (C=O) groups is 1. The molecule has 0 radical (unpaired) electrons. The van der Waals surface area contributed by atoms with E-state index in [1.807, 2.05) is 44.4 Å². The summed E-state index contributed by atoms with van der Waals surface area (Å²) >= 11 is 1.75. The van der Waals surface area contributed by atoms with Gasteiger partial charge in [0, 0.05) is 46.6 Å². The van der Waals surface area contributed by atoms with Crippen molar-refractivity contribution in [3.8, 4) is 11.3 Å². The summed E-state index contributed by atoms with van der Waals surface area (Å²) in [6, 6.07) is 10.2. The molecule has 5 aromatic heterocycles. The van der Waals surface area contributed by atoms with Crippen LogP contribution in [0.25, 0.3) is 27.9 Å². The quantitative estimate of drug-likeness (QED) is 0.330. The zero-order valence-electron chi connectivity index (χ0n) is 21.0. The first kappa shape index (κ1) is 22.8. The second-order valence-corrected chi connectivity index (χ2v) is 11.3. The molecule has 1 unspecified atom stereocenters. The van der Waals surface area contributed by atoms with Gasteiger partial charge in [0.15, 0.2) is 11.3 Å². The Morgan fingerprint density at radius 1 is 1.17 bits per heavy atom. The molecule has 6 heterocycles. The van der Waals surface area contributed by atoms with Crippen LogP contribution >= 0.6 is 11.3 Å². The molecule has 0 aliphatic carbocycles. The second kappa shape index (κ2) is 8.81. The highest BCUT2D eigenvalue weighted by Gasteiger charge is 2.30. The molecule has 1 fully saturated rings. The number of aryl methyl sites for hydroxylation is 2. The lowest BCUT2D eigenvalue weighted by atomic mass is 9.96. The van der Waals surface area contributed by atoms with Crippen LogP contribution in [0.1, 0.15) is 64.6 Å². The Morgan fingerprint density at radius 2 is 2.03 bits per heavy atom. The predicted octanol–water partition coefficient (Wildman–Crippen LogP) is 5.42. The Labute approximate surface area is 213 Å². The zero-order valence-corrected chi connectivity index (χ0v) is 21.8. The van der Waals surface area contributed by atoms with Crippen LogP contribution in [-0.4, -0.2) is 53.3 Å². The van der Waals surface area contributed by atoms with Crippen molar-refractivity contribution in [3.63, 3.8) is 0 Å². The molecule has 36 heavy (non-hydrogen) atoms. The van der Waals surface area contributed by atoms with Crippen LogP contribution in [0.5, 0.6) is 0 Å². The molecule has 9 heteroatoms. The second-order valence-electron chi connectivity index (χ2n) is 9.88. The standard InChI is InChI=1S/C27H29N7OS/c1-16(2)34-26-22(14-28-34)21(13-23(29-26)20-12-17(3)36-18(20)4)27(35)32-10-7-8-19(15-32)25-31-30-24-9-5-6-11-33(24)25/h5-6,9,11-14,16,19H,7-8,10,15H2,1-4H3. The molecule has 1 aliphatic heterocycles. The van der Waals surface area contributed by atoms with Crippen molar-refractivity contribution in [3.05, 3.63) is 63.9 Å². The lowest BCUT2D eigenvalue weighted by Gasteiger charge is -2.32. The van der Waals surface area contributed by atoms with E-state index >= 15 is 0 Å². The first-order chi connectivity index (χ1) is 17.4. The van der Waals surface area contributed by atoms with Crippen LogP contribution in [-0.2, 0) is 0 Å². The molecule has 8 nitrogen and oxygen atoms in total. The number of fused-ring (bicyclic) bond motifs is 2. The van der Waals surface area contributed by atoms with E-state index in [9.17, 15) is 4.79 Å². The van der Waals surface area contributed by atoms with E-state index < -0.39 is 0 Å². The van der Waals surface area contributed by atoms with Crippen molar-refractivity contribution in [1.29, 1.82) is 0 Å². The Balaban J connectivity index is 1.41. The first-order valence-electron chi connectivity index (χ1n) is 12.5. The fourth-order valence-electron chi connectivity index (χ4n) is 5.28. The van der Waals surface area contributed by atoms with Crippen LogP contribution in [0.4, 0.5) is 0 Å². The summed E-state index contributed by atoms with van der Waals surface area (Å²) in [7, 11) is 0. The third-order valence-electron chi connectivity index (χ3n) is 7.02. The molecule has 1 atom stereocenters. The average molecular weight is 500 g/mol. The number of pyridine rings is 2. The van der Waals surface area contributed by atoms with E-state index in [2.05, 4.69) is 49.1 Å². The number of nitrogens with zero attached hydrogens (tertiary/aromatic N) is 7. The molecule has 0 aromatic carbocycles. The van der Waals surface area contributed by atoms with Crippen molar-refractivity contribution in [1.82, 2.24) is 34.3 Å². The average Bonchev–Trinajstić information content (AvgIpc) is 3.59. The van der Waals surface area contributed by atoms with E-state index in [0.717, 1.165) is 53.1 Å². The van der Waals surface area contributed by atoms with Gasteiger partial charge in [0.05, 0.1) is 22.8 Å². The summed E-state index contributed by atoms with van der Waals surface area (Å²) in [5.41, 5.74) is 4.16. The van der Waals surface area contributed by atoms with Crippen molar-refractivity contribution in [2.75, 3.05) is 13.1 Å². The van der Waals surface area contributed by atoms with Gasteiger partial charge < -0.3 is 4.90 Å². The van der Waals surface area contributed by atoms with Gasteiger partial charge in [-0.25, -0.2) is 9.67 Å². The largest absolute Gasteiger partial charge is 0.338 e. The van der Waals surface area contributed by atoms with Crippen LogP contribution in [0.3, 0.4) is 0 Å². The summed E-state index contributed by atoms with van der Waals surface area (Å²) in [5.74, 6) is 1.08. The number of rotatable bonds is 4. The number of amides is 1. The number of likely N-dealkylation sites (tertiary alicyclic amines) is 1. The third kappa shape index (κ3) is 3.78. The van der Waals surface area contributed by atoms with Gasteiger partial charge in [-0.3, -0.25) is 9.20 Å². The summed E-state index contributed by atoms with van der Waals surface area (Å²) in [6.07, 6.45) is 5.69. The molecule has 0 bridgehead atoms. The molecule has 0 spiro atoms. The van der Waals surface area contributed by atoms with E-state index in [4.69, 9.17) is 4.98 Å². The fraction of sp³-hybridized carbons (Fsp3) is 0.370. The lowest BCUT2D eigenvalue weighted by Crippen LogP contribution is -2.39. The SMILES string of the molecule is Cc1cc(-c2cc(C(=O)N3CCCC(c4nnc5ccccn45)C3)c3cnn(C(C)C)c3n2)c(C)s1. The summed E-state index contributed by atoms with van der Waals surface area (Å²) < 4.78 is 3.95. The van der Waals surface area contributed by atoms with Gasteiger partial charge in [-0.1, -0.05) is 6.07 Å². The molecule has 184 valence electrons. The predicted molar refractivity (Wildman–Crippen MR) is 142 cm³/mol. The normalized spacial score (nSPS) is 16.5. The van der Waals surface area contributed by atoms with E-state index in [0.29, 0.717) is 12.1 Å². The maximum atomic E-state index is 14.1. The fourth-order valence-corrected chi connectivity index (χ4v) is 6.21. The van der Waals surface area contributed by atoms with Gasteiger partial charge in [-0.05, 0) is 64.8 Å². The zero-order chi connectivity index (χ0) is 25.0. The number of thiophene rings is 1.